The molecule has 4 rings (SSSR count). The number of carbonyl (C=O) groups excluding carboxylic acids is 1. The van der Waals surface area contributed by atoms with E-state index in [2.05, 4.69) is 26.6 Å². The van der Waals surface area contributed by atoms with Crippen LogP contribution in [0.15, 0.2) is 41.9 Å². The first-order valence-corrected chi connectivity index (χ1v) is 10.2. The highest BCUT2D eigenvalue weighted by molar-refractivity contribution is 7.17. The number of hydrogen-bond donors (Lipinski definition) is 1. The lowest BCUT2D eigenvalue weighted by molar-refractivity contribution is -0.120. The van der Waals surface area contributed by atoms with Crippen molar-refractivity contribution in [3.63, 3.8) is 0 Å². The lowest BCUT2D eigenvalue weighted by Gasteiger charge is -2.33. The summed E-state index contributed by atoms with van der Waals surface area (Å²) in [7, 11) is 3.19. The van der Waals surface area contributed by atoms with Crippen molar-refractivity contribution in [3.8, 4) is 11.5 Å². The number of fused-ring (bicyclic) bond motifs is 1. The Hall–Kier alpha value is -2.80. The van der Waals surface area contributed by atoms with Gasteiger partial charge in [0.1, 0.15) is 17.3 Å². The number of hydrogen-bond acceptors (Lipinski definition) is 6. The molecule has 1 amide bonds. The van der Waals surface area contributed by atoms with E-state index < -0.39 is 0 Å². The third kappa shape index (κ3) is 3.62. The lowest BCUT2D eigenvalue weighted by atomic mass is 9.96. The molecule has 1 aromatic carbocycles. The number of methoxy groups -OCH3 is 2. The van der Waals surface area contributed by atoms with E-state index in [4.69, 9.17) is 9.47 Å². The first-order valence-electron chi connectivity index (χ1n) is 9.29. The minimum absolute atomic E-state index is 0.00524. The van der Waals surface area contributed by atoms with Crippen molar-refractivity contribution in [2.24, 2.45) is 5.92 Å². The number of carbonyl (C=O) groups is 1. The van der Waals surface area contributed by atoms with Crippen LogP contribution in [0.2, 0.25) is 0 Å². The molecular formula is C21H23N3O3S. The molecule has 0 saturated carbocycles. The Balaban J connectivity index is 1.50. The normalized spacial score (nSPS) is 16.8. The maximum absolute atomic E-state index is 12.9. The minimum Gasteiger partial charge on any atom is -0.497 e. The Morgan fingerprint density at radius 1 is 1.25 bits per heavy atom. The Bertz CT molecular complexity index is 988. The molecule has 1 N–H and O–H groups in total. The van der Waals surface area contributed by atoms with Crippen LogP contribution in [0.25, 0.3) is 10.1 Å². The fourth-order valence-corrected chi connectivity index (χ4v) is 4.43. The summed E-state index contributed by atoms with van der Waals surface area (Å²) < 4.78 is 11.8. The highest BCUT2D eigenvalue weighted by Crippen LogP contribution is 2.33. The number of anilines is 2. The number of nitrogens with zero attached hydrogens (tertiary/aromatic N) is 2. The number of pyridine rings is 1. The van der Waals surface area contributed by atoms with Gasteiger partial charge in [0.2, 0.25) is 5.91 Å². The molecule has 28 heavy (non-hydrogen) atoms. The number of thiophene rings is 1. The zero-order valence-electron chi connectivity index (χ0n) is 16.0. The van der Waals surface area contributed by atoms with Crippen LogP contribution in [-0.2, 0) is 4.79 Å². The first-order chi connectivity index (χ1) is 13.7. The van der Waals surface area contributed by atoms with E-state index in [-0.39, 0.29) is 11.8 Å². The molecule has 1 unspecified atom stereocenters. The topological polar surface area (TPSA) is 63.7 Å². The van der Waals surface area contributed by atoms with Crippen molar-refractivity contribution < 1.29 is 14.3 Å². The average Bonchev–Trinajstić information content (AvgIpc) is 3.23. The van der Waals surface area contributed by atoms with Gasteiger partial charge in [-0.05, 0) is 42.5 Å². The summed E-state index contributed by atoms with van der Waals surface area (Å²) in [5.74, 6) is 2.15. The Labute approximate surface area is 168 Å². The molecule has 6 nitrogen and oxygen atoms in total. The monoisotopic (exact) mass is 397 g/mol. The SMILES string of the molecule is COc1ccc(NC(=O)C2CCCN(c3nccc4sccc34)C2)c(OC)c1. The summed E-state index contributed by atoms with van der Waals surface area (Å²) >= 11 is 1.71. The first kappa shape index (κ1) is 18.6. The molecule has 2 aromatic heterocycles. The molecule has 0 spiro atoms. The Morgan fingerprint density at radius 2 is 2.14 bits per heavy atom. The van der Waals surface area contributed by atoms with Crippen LogP contribution in [0.1, 0.15) is 12.8 Å². The van der Waals surface area contributed by atoms with E-state index >= 15 is 0 Å². The maximum atomic E-state index is 12.9. The second-order valence-corrected chi connectivity index (χ2v) is 7.76. The highest BCUT2D eigenvalue weighted by atomic mass is 32.1. The molecule has 146 valence electrons. The summed E-state index contributed by atoms with van der Waals surface area (Å²) in [4.78, 5) is 19.8. The van der Waals surface area contributed by atoms with Crippen molar-refractivity contribution in [2.45, 2.75) is 12.8 Å². The minimum atomic E-state index is -0.101. The molecule has 0 aliphatic carbocycles. The van der Waals surface area contributed by atoms with Gasteiger partial charge in [-0.1, -0.05) is 0 Å². The van der Waals surface area contributed by atoms with E-state index in [1.807, 2.05) is 24.4 Å². The van der Waals surface area contributed by atoms with Crippen LogP contribution in [0.5, 0.6) is 11.5 Å². The molecule has 3 aromatic rings. The fourth-order valence-electron chi connectivity index (χ4n) is 3.65. The van der Waals surface area contributed by atoms with Gasteiger partial charge in [0.05, 0.1) is 25.8 Å². The van der Waals surface area contributed by atoms with Gasteiger partial charge in [-0.15, -0.1) is 11.3 Å². The van der Waals surface area contributed by atoms with E-state index in [0.717, 1.165) is 30.6 Å². The standard InChI is InChI=1S/C21H23N3O3S/c1-26-15-5-6-17(18(12-15)27-2)23-21(25)14-4-3-10-24(13-14)20-16-8-11-28-19(16)7-9-22-20/h5-9,11-12,14H,3-4,10,13H2,1-2H3,(H,23,25). The molecule has 1 aliphatic heterocycles. The molecular weight excluding hydrogens is 374 g/mol. The van der Waals surface area contributed by atoms with Crippen LogP contribution < -0.4 is 19.7 Å². The van der Waals surface area contributed by atoms with Gasteiger partial charge in [0.25, 0.3) is 0 Å². The zero-order valence-corrected chi connectivity index (χ0v) is 16.8. The molecule has 1 saturated heterocycles. The van der Waals surface area contributed by atoms with Gasteiger partial charge in [0, 0.05) is 35.4 Å². The molecule has 1 aliphatic rings. The van der Waals surface area contributed by atoms with Gasteiger partial charge < -0.3 is 19.7 Å². The number of nitrogens with one attached hydrogen (secondary N) is 1. The number of ether oxygens (including phenoxy) is 2. The molecule has 0 bridgehead atoms. The highest BCUT2D eigenvalue weighted by Gasteiger charge is 2.28. The fraction of sp³-hybridized carbons (Fsp3) is 0.333. The molecule has 0 radical (unpaired) electrons. The summed E-state index contributed by atoms with van der Waals surface area (Å²) in [6.45, 7) is 1.57. The van der Waals surface area contributed by atoms with Gasteiger partial charge in [-0.3, -0.25) is 4.79 Å². The smallest absolute Gasteiger partial charge is 0.229 e. The largest absolute Gasteiger partial charge is 0.497 e. The van der Waals surface area contributed by atoms with Crippen molar-refractivity contribution in [2.75, 3.05) is 37.5 Å². The zero-order chi connectivity index (χ0) is 19.5. The average molecular weight is 398 g/mol. The molecule has 1 fully saturated rings. The summed E-state index contributed by atoms with van der Waals surface area (Å²) in [5.41, 5.74) is 0.656. The lowest BCUT2D eigenvalue weighted by Crippen LogP contribution is -2.41. The van der Waals surface area contributed by atoms with Crippen molar-refractivity contribution in [1.82, 2.24) is 4.98 Å². The van der Waals surface area contributed by atoms with E-state index in [1.54, 1.807) is 31.6 Å². The van der Waals surface area contributed by atoms with Crippen LogP contribution in [-0.4, -0.2) is 38.2 Å². The summed E-state index contributed by atoms with van der Waals surface area (Å²) in [6.07, 6.45) is 3.67. The summed E-state index contributed by atoms with van der Waals surface area (Å²) in [6, 6.07) is 9.53. The van der Waals surface area contributed by atoms with Crippen molar-refractivity contribution >= 4 is 38.8 Å². The van der Waals surface area contributed by atoms with E-state index in [1.165, 1.54) is 4.70 Å². The summed E-state index contributed by atoms with van der Waals surface area (Å²) in [5, 5.41) is 6.26. The van der Waals surface area contributed by atoms with Crippen LogP contribution in [0.3, 0.4) is 0 Å². The predicted molar refractivity (Wildman–Crippen MR) is 113 cm³/mol. The van der Waals surface area contributed by atoms with Gasteiger partial charge in [-0.2, -0.15) is 0 Å². The quantitative estimate of drug-likeness (QED) is 0.700. The Morgan fingerprint density at radius 3 is 2.96 bits per heavy atom. The third-order valence-corrected chi connectivity index (χ3v) is 6.00. The maximum Gasteiger partial charge on any atom is 0.229 e. The van der Waals surface area contributed by atoms with Crippen LogP contribution in [0, 0.1) is 5.92 Å². The Kier molecular flexibility index (Phi) is 5.34. The predicted octanol–water partition coefficient (Wildman–Crippen LogP) is 4.17. The van der Waals surface area contributed by atoms with Crippen LogP contribution in [0.4, 0.5) is 11.5 Å². The number of benzene rings is 1. The van der Waals surface area contributed by atoms with Crippen molar-refractivity contribution in [3.05, 3.63) is 41.9 Å². The molecule has 3 heterocycles. The number of rotatable bonds is 5. The van der Waals surface area contributed by atoms with E-state index in [9.17, 15) is 4.79 Å². The van der Waals surface area contributed by atoms with Gasteiger partial charge in [0.15, 0.2) is 0 Å². The second kappa shape index (κ2) is 8.06. The van der Waals surface area contributed by atoms with Crippen molar-refractivity contribution in [1.29, 1.82) is 0 Å². The molecule has 1 atom stereocenters. The third-order valence-electron chi connectivity index (χ3n) is 5.12. The second-order valence-electron chi connectivity index (χ2n) is 6.81. The van der Waals surface area contributed by atoms with Crippen LogP contribution >= 0.6 is 11.3 Å². The van der Waals surface area contributed by atoms with E-state index in [0.29, 0.717) is 23.7 Å². The molecule has 7 heteroatoms. The number of aromatic nitrogens is 1. The van der Waals surface area contributed by atoms with Gasteiger partial charge >= 0.3 is 0 Å². The number of piperidine rings is 1. The van der Waals surface area contributed by atoms with Gasteiger partial charge in [-0.25, -0.2) is 4.98 Å². The number of amides is 1.